The van der Waals surface area contributed by atoms with Crippen LogP contribution in [-0.2, 0) is 17.8 Å². The van der Waals surface area contributed by atoms with Gasteiger partial charge in [-0.15, -0.1) is 24.0 Å². The molecule has 1 atom stereocenters. The fourth-order valence-electron chi connectivity index (χ4n) is 3.94. The fraction of sp³-hybridized carbons (Fsp3) is 0.440. The number of benzene rings is 2. The summed E-state index contributed by atoms with van der Waals surface area (Å²) in [6.45, 7) is 5.50. The van der Waals surface area contributed by atoms with Gasteiger partial charge in [0.1, 0.15) is 0 Å². The first-order chi connectivity index (χ1) is 15.6. The molecule has 1 saturated heterocycles. The number of guanidine groups is 1. The normalized spacial score (nSPS) is 15.7. The number of amides is 1. The molecule has 1 amide bonds. The van der Waals surface area contributed by atoms with Crippen molar-refractivity contribution in [2.24, 2.45) is 10.9 Å². The van der Waals surface area contributed by atoms with Crippen LogP contribution in [0.25, 0.3) is 0 Å². The Bertz CT molecular complexity index is 908. The molecule has 2 aromatic rings. The third-order valence-corrected chi connectivity index (χ3v) is 5.60. The van der Waals surface area contributed by atoms with Gasteiger partial charge >= 0.3 is 0 Å². The zero-order valence-corrected chi connectivity index (χ0v) is 22.0. The highest BCUT2D eigenvalue weighted by Gasteiger charge is 2.29. The quantitative estimate of drug-likeness (QED) is 0.262. The number of nitrogens with zero attached hydrogens (tertiary/aromatic N) is 2. The number of likely N-dealkylation sites (tertiary alicyclic amines) is 1. The number of halogens is 1. The van der Waals surface area contributed by atoms with Crippen LogP contribution in [0.3, 0.4) is 0 Å². The average Bonchev–Trinajstić information content (AvgIpc) is 3.19. The van der Waals surface area contributed by atoms with E-state index in [2.05, 4.69) is 22.8 Å². The zero-order chi connectivity index (χ0) is 22.8. The molecule has 7 nitrogen and oxygen atoms in total. The maximum atomic E-state index is 12.4. The Hall–Kier alpha value is -2.49. The molecule has 1 unspecified atom stereocenters. The highest BCUT2D eigenvalue weighted by atomic mass is 127. The van der Waals surface area contributed by atoms with Gasteiger partial charge in [-0.05, 0) is 25.0 Å². The molecule has 33 heavy (non-hydrogen) atoms. The number of hydrogen-bond acceptors (Lipinski definition) is 4. The number of ether oxygens (including phenoxy) is 2. The highest BCUT2D eigenvalue weighted by molar-refractivity contribution is 14.0. The van der Waals surface area contributed by atoms with E-state index in [1.54, 1.807) is 14.2 Å². The van der Waals surface area contributed by atoms with Crippen molar-refractivity contribution in [3.63, 3.8) is 0 Å². The van der Waals surface area contributed by atoms with E-state index in [0.717, 1.165) is 37.6 Å². The van der Waals surface area contributed by atoms with E-state index in [1.807, 2.05) is 48.2 Å². The number of carbonyl (C=O) groups is 1. The Morgan fingerprint density at radius 2 is 1.88 bits per heavy atom. The lowest BCUT2D eigenvalue weighted by atomic mass is 10.1. The van der Waals surface area contributed by atoms with E-state index in [1.165, 1.54) is 5.56 Å². The van der Waals surface area contributed by atoms with E-state index >= 15 is 0 Å². The molecule has 0 radical (unpaired) electrons. The van der Waals surface area contributed by atoms with Crippen LogP contribution >= 0.6 is 24.0 Å². The predicted octanol–water partition coefficient (Wildman–Crippen LogP) is 3.47. The number of methoxy groups -OCH3 is 2. The summed E-state index contributed by atoms with van der Waals surface area (Å²) in [6, 6.07) is 16.1. The minimum Gasteiger partial charge on any atom is -0.493 e. The minimum atomic E-state index is 0. The van der Waals surface area contributed by atoms with Gasteiger partial charge in [0.05, 0.1) is 20.8 Å². The third kappa shape index (κ3) is 7.80. The molecule has 2 N–H and O–H groups in total. The van der Waals surface area contributed by atoms with Crippen molar-refractivity contribution in [2.75, 3.05) is 40.4 Å². The van der Waals surface area contributed by atoms with Crippen LogP contribution in [0.1, 0.15) is 24.5 Å². The van der Waals surface area contributed by atoms with E-state index < -0.39 is 0 Å². The summed E-state index contributed by atoms with van der Waals surface area (Å²) in [6.07, 6.45) is 1.46. The molecule has 0 bridgehead atoms. The van der Waals surface area contributed by atoms with Crippen molar-refractivity contribution in [2.45, 2.75) is 26.3 Å². The largest absolute Gasteiger partial charge is 0.493 e. The molecule has 8 heteroatoms. The van der Waals surface area contributed by atoms with Gasteiger partial charge in [-0.2, -0.15) is 0 Å². The number of para-hydroxylation sites is 1. The second kappa shape index (κ2) is 13.9. The van der Waals surface area contributed by atoms with E-state index in [0.29, 0.717) is 31.0 Å². The van der Waals surface area contributed by atoms with Crippen LogP contribution in [0.2, 0.25) is 0 Å². The second-order valence-electron chi connectivity index (χ2n) is 7.87. The lowest BCUT2D eigenvalue weighted by molar-refractivity contribution is -0.127. The van der Waals surface area contributed by atoms with Crippen molar-refractivity contribution < 1.29 is 14.3 Å². The van der Waals surface area contributed by atoms with Crippen LogP contribution in [0.15, 0.2) is 53.5 Å². The van der Waals surface area contributed by atoms with Gasteiger partial charge in [0, 0.05) is 44.1 Å². The lowest BCUT2D eigenvalue weighted by Crippen LogP contribution is -2.40. The van der Waals surface area contributed by atoms with Crippen molar-refractivity contribution in [3.8, 4) is 11.5 Å². The lowest BCUT2D eigenvalue weighted by Gasteiger charge is -2.18. The smallest absolute Gasteiger partial charge is 0.223 e. The molecule has 0 spiro atoms. The number of carbonyl (C=O) groups excluding carboxylic acids is 1. The maximum Gasteiger partial charge on any atom is 0.223 e. The van der Waals surface area contributed by atoms with Crippen molar-refractivity contribution in [1.29, 1.82) is 0 Å². The molecule has 0 aromatic heterocycles. The number of rotatable bonds is 10. The fourth-order valence-corrected chi connectivity index (χ4v) is 3.94. The van der Waals surface area contributed by atoms with Gasteiger partial charge in [0.2, 0.25) is 5.91 Å². The molecule has 1 aliphatic rings. The summed E-state index contributed by atoms with van der Waals surface area (Å²) in [4.78, 5) is 19.1. The topological polar surface area (TPSA) is 75.2 Å². The SMILES string of the molecule is CCNC(=NCc1cccc(OC)c1OC)NCC1CC(=O)N(CCc2ccccc2)C1.I. The summed E-state index contributed by atoms with van der Waals surface area (Å²) < 4.78 is 10.9. The molecule has 1 heterocycles. The second-order valence-corrected chi connectivity index (χ2v) is 7.87. The first-order valence-corrected chi connectivity index (χ1v) is 11.2. The highest BCUT2D eigenvalue weighted by Crippen LogP contribution is 2.31. The Labute approximate surface area is 214 Å². The Morgan fingerprint density at radius 1 is 1.09 bits per heavy atom. The molecule has 1 fully saturated rings. The first-order valence-electron chi connectivity index (χ1n) is 11.2. The van der Waals surface area contributed by atoms with Gasteiger partial charge in [0.15, 0.2) is 17.5 Å². The zero-order valence-electron chi connectivity index (χ0n) is 19.7. The van der Waals surface area contributed by atoms with Gasteiger partial charge in [-0.3, -0.25) is 4.79 Å². The van der Waals surface area contributed by atoms with E-state index in [4.69, 9.17) is 14.5 Å². The molecule has 3 rings (SSSR count). The minimum absolute atomic E-state index is 0. The van der Waals surface area contributed by atoms with Crippen molar-refractivity contribution in [3.05, 3.63) is 59.7 Å². The average molecular weight is 566 g/mol. The molecule has 0 aliphatic carbocycles. The summed E-state index contributed by atoms with van der Waals surface area (Å²) in [5.74, 6) is 2.63. The maximum absolute atomic E-state index is 12.4. The number of aliphatic imine (C=N–C) groups is 1. The van der Waals surface area contributed by atoms with E-state index in [9.17, 15) is 4.79 Å². The third-order valence-electron chi connectivity index (χ3n) is 5.60. The molecule has 180 valence electrons. The van der Waals surface area contributed by atoms with Crippen molar-refractivity contribution >= 4 is 35.8 Å². The molecular weight excluding hydrogens is 531 g/mol. The first kappa shape index (κ1) is 26.8. The standard InChI is InChI=1S/C25H34N4O3.HI/c1-4-26-25(28-17-21-11-8-12-22(31-2)24(21)32-3)27-16-20-15-23(30)29(18-20)14-13-19-9-6-5-7-10-19;/h5-12,20H,4,13-18H2,1-3H3,(H2,26,27,28);1H. The molecule has 1 aliphatic heterocycles. The van der Waals surface area contributed by atoms with Crippen LogP contribution < -0.4 is 20.1 Å². The molecule has 2 aromatic carbocycles. The molecule has 0 saturated carbocycles. The van der Waals surface area contributed by atoms with Crippen LogP contribution in [0.4, 0.5) is 0 Å². The Balaban J connectivity index is 0.00000385. The van der Waals surface area contributed by atoms with Gasteiger partial charge in [0.25, 0.3) is 0 Å². The van der Waals surface area contributed by atoms with Crippen LogP contribution in [0.5, 0.6) is 11.5 Å². The summed E-state index contributed by atoms with van der Waals surface area (Å²) in [7, 11) is 3.26. The van der Waals surface area contributed by atoms with E-state index in [-0.39, 0.29) is 35.8 Å². The number of nitrogens with one attached hydrogen (secondary N) is 2. The summed E-state index contributed by atoms with van der Waals surface area (Å²) in [5, 5.41) is 6.68. The van der Waals surface area contributed by atoms with Crippen LogP contribution in [-0.4, -0.2) is 57.2 Å². The molecular formula is C25H35IN4O3. The summed E-state index contributed by atoms with van der Waals surface area (Å²) >= 11 is 0. The van der Waals surface area contributed by atoms with Crippen molar-refractivity contribution in [1.82, 2.24) is 15.5 Å². The Morgan fingerprint density at radius 3 is 2.58 bits per heavy atom. The summed E-state index contributed by atoms with van der Waals surface area (Å²) in [5.41, 5.74) is 2.21. The predicted molar refractivity (Wildman–Crippen MR) is 143 cm³/mol. The van der Waals surface area contributed by atoms with Gasteiger partial charge in [-0.1, -0.05) is 42.5 Å². The Kier molecular flexibility index (Phi) is 11.3. The monoisotopic (exact) mass is 566 g/mol. The van der Waals surface area contributed by atoms with Crippen LogP contribution in [0, 0.1) is 5.92 Å². The van der Waals surface area contributed by atoms with Gasteiger partial charge in [-0.25, -0.2) is 4.99 Å². The number of hydrogen-bond donors (Lipinski definition) is 2. The van der Waals surface area contributed by atoms with Gasteiger partial charge < -0.3 is 25.0 Å².